The number of halogens is 1. The molecule has 0 aliphatic carbocycles. The van der Waals surface area contributed by atoms with Gasteiger partial charge in [0.05, 0.1) is 0 Å². The lowest BCUT2D eigenvalue weighted by molar-refractivity contribution is -0.176. The molecule has 418 valence electrons. The smallest absolute Gasteiger partial charge is 0.329 e. The zero-order valence-corrected chi connectivity index (χ0v) is 46.9. The molecular formula is C57H81FN6O12. The quantitative estimate of drug-likeness (QED) is 0.120. The van der Waals surface area contributed by atoms with Gasteiger partial charge >= 0.3 is 23.9 Å². The molecule has 1 aliphatic heterocycles. The molecule has 8 atom stereocenters. The third-order valence-corrected chi connectivity index (χ3v) is 13.5. The SMILES string of the molecule is CC(C)C[C@H]1C(=O)O[C@H](Cc2ccc(Cn3ccnc3CF)cc2)C(=O)N(C)[C@@H](CC(C)C)C(=O)O[C@H](C)C(=O)N(C)[C@@H](CC(C)C)C(=O)O[C@H](Cc2ccccc2)C(=O)N(C)[C@@H](CC(C)C)C(=O)O[C@H](C)C(=O)N1C. The maximum atomic E-state index is 14.9. The van der Waals surface area contributed by atoms with Crippen molar-refractivity contribution in [2.45, 2.75) is 170 Å². The van der Waals surface area contributed by atoms with Crippen molar-refractivity contribution in [1.29, 1.82) is 0 Å². The van der Waals surface area contributed by atoms with Crippen LogP contribution in [-0.4, -0.2) is 153 Å². The number of rotatable bonds is 15. The van der Waals surface area contributed by atoms with E-state index in [-0.39, 0.29) is 68.0 Å². The highest BCUT2D eigenvalue weighted by atomic mass is 19.1. The van der Waals surface area contributed by atoms with E-state index in [0.717, 1.165) is 25.2 Å². The van der Waals surface area contributed by atoms with E-state index in [1.54, 1.807) is 65.4 Å². The first-order chi connectivity index (χ1) is 35.7. The van der Waals surface area contributed by atoms with Gasteiger partial charge in [0.25, 0.3) is 23.6 Å². The molecule has 2 heterocycles. The fraction of sp³-hybridized carbons (Fsp3) is 0.596. The normalized spacial score (nSPS) is 23.8. The first-order valence-electron chi connectivity index (χ1n) is 26.3. The van der Waals surface area contributed by atoms with E-state index in [4.69, 9.17) is 18.9 Å². The Morgan fingerprint density at radius 3 is 1.16 bits per heavy atom. The van der Waals surface area contributed by atoms with Gasteiger partial charge in [0.2, 0.25) is 0 Å². The summed E-state index contributed by atoms with van der Waals surface area (Å²) in [5.74, 6) is -7.26. The standard InChI is InChI=1S/C57H81FN6O12/c1-34(2)26-43-54(69)73-39(10)51(66)61(12)46(29-37(7)8)57(72)76-48(31-41-20-22-42(23-21-41)33-64-25-24-59-49(64)32-58)53(68)63(14)44(27-35(3)4)55(70)74-38(9)50(65)60(11)45(28-36(5)6)56(71)75-47(52(67)62(43)13)30-40-18-16-15-17-19-40/h15-25,34-39,43-48H,26-33H2,1-14H3/t38-,39-,43+,44+,45+,46+,47-,48-/m1/s1. The first-order valence-corrected chi connectivity index (χ1v) is 26.3. The molecule has 4 rings (SSSR count). The third-order valence-electron chi connectivity index (χ3n) is 13.5. The number of esters is 4. The van der Waals surface area contributed by atoms with Gasteiger partial charge in [-0.3, -0.25) is 19.2 Å². The lowest BCUT2D eigenvalue weighted by Crippen LogP contribution is -2.55. The molecule has 0 radical (unpaired) electrons. The number of alkyl halides is 1. The van der Waals surface area contributed by atoms with Crippen LogP contribution in [0.2, 0.25) is 0 Å². The Bertz CT molecular complexity index is 2430. The summed E-state index contributed by atoms with van der Waals surface area (Å²) in [7, 11) is 5.50. The number of cyclic esters (lactones) is 4. The molecule has 0 spiro atoms. The second kappa shape index (κ2) is 28.5. The fourth-order valence-corrected chi connectivity index (χ4v) is 9.12. The molecule has 0 N–H and O–H groups in total. The molecular weight excluding hydrogens is 980 g/mol. The summed E-state index contributed by atoms with van der Waals surface area (Å²) in [4.78, 5) is 125. The summed E-state index contributed by atoms with van der Waals surface area (Å²) >= 11 is 0. The summed E-state index contributed by atoms with van der Waals surface area (Å²) < 4.78 is 39.2. The lowest BCUT2D eigenvalue weighted by Gasteiger charge is -2.35. The number of nitrogens with zero attached hydrogens (tertiary/aromatic N) is 6. The third kappa shape index (κ3) is 17.2. The van der Waals surface area contributed by atoms with Gasteiger partial charge < -0.3 is 43.1 Å². The van der Waals surface area contributed by atoms with Gasteiger partial charge in [0, 0.05) is 60.0 Å². The Morgan fingerprint density at radius 1 is 0.474 bits per heavy atom. The number of likely N-dealkylation sites (N-methyl/N-ethyl adjacent to an activating group) is 4. The molecule has 1 aliphatic rings. The number of hydrogen-bond acceptors (Lipinski definition) is 13. The van der Waals surface area contributed by atoms with E-state index in [9.17, 15) is 42.7 Å². The fourth-order valence-electron chi connectivity index (χ4n) is 9.12. The molecule has 0 unspecified atom stereocenters. The molecule has 4 amide bonds. The first kappa shape index (κ1) is 61.9. The number of carbonyl (C=O) groups excluding carboxylic acids is 8. The van der Waals surface area contributed by atoms with Gasteiger partial charge in [0.1, 0.15) is 36.7 Å². The molecule has 2 aromatic carbocycles. The van der Waals surface area contributed by atoms with Crippen LogP contribution in [0.3, 0.4) is 0 Å². The van der Waals surface area contributed by atoms with Crippen molar-refractivity contribution in [3.05, 3.63) is 89.5 Å². The molecule has 1 saturated heterocycles. The van der Waals surface area contributed by atoms with E-state index in [0.29, 0.717) is 17.7 Å². The van der Waals surface area contributed by atoms with Gasteiger partial charge in [-0.05, 0) is 79.9 Å². The maximum absolute atomic E-state index is 14.9. The minimum absolute atomic E-state index is 0.0672. The summed E-state index contributed by atoms with van der Waals surface area (Å²) in [6, 6.07) is 10.7. The van der Waals surface area contributed by atoms with Crippen molar-refractivity contribution in [3.8, 4) is 0 Å². The van der Waals surface area contributed by atoms with Crippen molar-refractivity contribution in [2.24, 2.45) is 23.7 Å². The molecule has 19 heteroatoms. The molecule has 0 saturated carbocycles. The summed E-state index contributed by atoms with van der Waals surface area (Å²) in [5.41, 5.74) is 1.99. The van der Waals surface area contributed by atoms with Crippen LogP contribution in [0.1, 0.15) is 117 Å². The van der Waals surface area contributed by atoms with Gasteiger partial charge in [-0.15, -0.1) is 0 Å². The van der Waals surface area contributed by atoms with Crippen molar-refractivity contribution < 1.29 is 61.7 Å². The minimum atomic E-state index is -1.57. The number of aromatic nitrogens is 2. The maximum Gasteiger partial charge on any atom is 0.329 e. The lowest BCUT2D eigenvalue weighted by atomic mass is 9.99. The topological polar surface area (TPSA) is 204 Å². The summed E-state index contributed by atoms with van der Waals surface area (Å²) in [6.07, 6.45) is -2.83. The Labute approximate surface area is 447 Å². The second-order valence-electron chi connectivity index (χ2n) is 21.7. The van der Waals surface area contributed by atoms with E-state index in [1.807, 2.05) is 55.4 Å². The number of carbonyl (C=O) groups is 8. The van der Waals surface area contributed by atoms with E-state index < -0.39 is 103 Å². The van der Waals surface area contributed by atoms with Crippen LogP contribution in [0.25, 0.3) is 0 Å². The predicted octanol–water partition coefficient (Wildman–Crippen LogP) is 6.38. The monoisotopic (exact) mass is 1060 g/mol. The summed E-state index contributed by atoms with van der Waals surface area (Å²) in [6.45, 7) is 17.0. The molecule has 1 fully saturated rings. The van der Waals surface area contributed by atoms with Crippen molar-refractivity contribution in [3.63, 3.8) is 0 Å². The van der Waals surface area contributed by atoms with Crippen molar-refractivity contribution in [1.82, 2.24) is 29.2 Å². The number of amides is 4. The van der Waals surface area contributed by atoms with Gasteiger partial charge in [-0.2, -0.15) is 0 Å². The minimum Gasteiger partial charge on any atom is -0.451 e. The number of imidazole rings is 1. The highest BCUT2D eigenvalue weighted by molar-refractivity contribution is 5.94. The Morgan fingerprint density at radius 2 is 0.803 bits per heavy atom. The molecule has 1 aromatic heterocycles. The van der Waals surface area contributed by atoms with Crippen LogP contribution in [0.5, 0.6) is 0 Å². The average molecular weight is 1060 g/mol. The van der Waals surface area contributed by atoms with Crippen molar-refractivity contribution in [2.75, 3.05) is 28.2 Å². The highest BCUT2D eigenvalue weighted by Gasteiger charge is 2.43. The van der Waals surface area contributed by atoms with Crippen LogP contribution < -0.4 is 0 Å². The predicted molar refractivity (Wildman–Crippen MR) is 281 cm³/mol. The molecule has 18 nitrogen and oxygen atoms in total. The average Bonchev–Trinajstić information content (AvgIpc) is 3.82. The van der Waals surface area contributed by atoms with Crippen LogP contribution in [0.15, 0.2) is 67.0 Å². The van der Waals surface area contributed by atoms with Gasteiger partial charge in [-0.25, -0.2) is 28.6 Å². The second-order valence-corrected chi connectivity index (χ2v) is 21.7. The van der Waals surface area contributed by atoms with Crippen molar-refractivity contribution >= 4 is 47.5 Å². The van der Waals surface area contributed by atoms with E-state index in [2.05, 4.69) is 4.98 Å². The van der Waals surface area contributed by atoms with E-state index >= 15 is 0 Å². The largest absolute Gasteiger partial charge is 0.451 e. The van der Waals surface area contributed by atoms with Gasteiger partial charge in [-0.1, -0.05) is 110 Å². The number of ether oxygens (including phenoxy) is 4. The molecule has 76 heavy (non-hydrogen) atoms. The Kier molecular flexibility index (Phi) is 23.2. The summed E-state index contributed by atoms with van der Waals surface area (Å²) in [5, 5.41) is 0. The molecule has 0 bridgehead atoms. The molecule has 3 aromatic rings. The van der Waals surface area contributed by atoms with E-state index in [1.165, 1.54) is 48.2 Å². The Balaban J connectivity index is 1.86. The Hall–Kier alpha value is -6.66. The van der Waals surface area contributed by atoms with Crippen LogP contribution in [0.4, 0.5) is 4.39 Å². The van der Waals surface area contributed by atoms with Crippen LogP contribution in [0, 0.1) is 23.7 Å². The van der Waals surface area contributed by atoms with Gasteiger partial charge in [0.15, 0.2) is 24.4 Å². The highest BCUT2D eigenvalue weighted by Crippen LogP contribution is 2.24. The zero-order valence-electron chi connectivity index (χ0n) is 46.9. The van der Waals surface area contributed by atoms with Crippen LogP contribution in [-0.2, 0) is 83.4 Å². The number of hydrogen-bond donors (Lipinski definition) is 0. The zero-order chi connectivity index (χ0) is 56.7. The van der Waals surface area contributed by atoms with Crippen LogP contribution >= 0.6 is 0 Å². The number of benzene rings is 2.